The van der Waals surface area contributed by atoms with Crippen molar-refractivity contribution in [1.29, 1.82) is 0 Å². The summed E-state index contributed by atoms with van der Waals surface area (Å²) >= 11 is 0. The normalized spacial score (nSPS) is 13.1. The van der Waals surface area contributed by atoms with Crippen molar-refractivity contribution < 1.29 is 9.53 Å². The zero-order valence-electron chi connectivity index (χ0n) is 20.4. The molecule has 1 aliphatic heterocycles. The van der Waals surface area contributed by atoms with Crippen LogP contribution in [0.25, 0.3) is 16.9 Å². The van der Waals surface area contributed by atoms with Crippen LogP contribution >= 0.6 is 0 Å². The Morgan fingerprint density at radius 3 is 2.61 bits per heavy atom. The Balaban J connectivity index is 1.22. The van der Waals surface area contributed by atoms with E-state index in [9.17, 15) is 4.79 Å². The number of benzene rings is 1. The Kier molecular flexibility index (Phi) is 6.45. The van der Waals surface area contributed by atoms with Crippen LogP contribution in [0.1, 0.15) is 21.6 Å². The number of fused-ring (bicyclic) bond motifs is 1. The number of morpholine rings is 1. The fourth-order valence-electron chi connectivity index (χ4n) is 4.14. The van der Waals surface area contributed by atoms with Crippen molar-refractivity contribution in [2.45, 2.75) is 0 Å². The monoisotopic (exact) mass is 501 g/mol. The number of hydrogen-bond donors (Lipinski definition) is 1. The predicted octanol–water partition coefficient (Wildman–Crippen LogP) is 3.80. The maximum absolute atomic E-state index is 12.8. The lowest BCUT2D eigenvalue weighted by molar-refractivity contribution is 0.0303. The molecule has 0 bridgehead atoms. The Labute approximate surface area is 219 Å². The molecule has 0 unspecified atom stereocenters. The molecule has 1 amide bonds. The van der Waals surface area contributed by atoms with Crippen molar-refractivity contribution in [1.82, 2.24) is 29.5 Å². The molecule has 1 saturated heterocycles. The second-order valence-corrected chi connectivity index (χ2v) is 8.66. The van der Waals surface area contributed by atoms with Crippen LogP contribution in [0.2, 0.25) is 0 Å². The van der Waals surface area contributed by atoms with Gasteiger partial charge in [0, 0.05) is 42.2 Å². The van der Waals surface area contributed by atoms with E-state index in [1.54, 1.807) is 29.3 Å². The van der Waals surface area contributed by atoms with Crippen LogP contribution in [0, 0.1) is 11.8 Å². The van der Waals surface area contributed by atoms with Gasteiger partial charge < -0.3 is 15.0 Å². The first-order valence-electron chi connectivity index (χ1n) is 12.2. The number of imidazole rings is 1. The molecule has 1 fully saturated rings. The van der Waals surface area contributed by atoms with Gasteiger partial charge in [-0.1, -0.05) is 18.1 Å². The molecule has 0 saturated carbocycles. The topological polar surface area (TPSA) is 97.5 Å². The van der Waals surface area contributed by atoms with E-state index in [2.05, 4.69) is 32.1 Å². The summed E-state index contributed by atoms with van der Waals surface area (Å²) in [4.78, 5) is 27.5. The molecule has 9 nitrogen and oxygen atoms in total. The lowest BCUT2D eigenvalue weighted by Gasteiger charge is -2.26. The summed E-state index contributed by atoms with van der Waals surface area (Å²) in [5.41, 5.74) is 5.33. The van der Waals surface area contributed by atoms with Gasteiger partial charge >= 0.3 is 0 Å². The van der Waals surface area contributed by atoms with Gasteiger partial charge in [0.25, 0.3) is 5.91 Å². The number of rotatable bonds is 4. The van der Waals surface area contributed by atoms with E-state index in [-0.39, 0.29) is 5.91 Å². The summed E-state index contributed by atoms with van der Waals surface area (Å²) in [6, 6.07) is 18.8. The highest BCUT2D eigenvalue weighted by molar-refractivity contribution is 5.94. The molecule has 5 aromatic rings. The molecule has 5 heterocycles. The summed E-state index contributed by atoms with van der Waals surface area (Å²) in [6.07, 6.45) is 6.87. The Hall–Kier alpha value is -5.07. The number of ether oxygens (including phenoxy) is 1. The van der Waals surface area contributed by atoms with Crippen LogP contribution in [0.5, 0.6) is 0 Å². The highest BCUT2D eigenvalue weighted by atomic mass is 16.5. The van der Waals surface area contributed by atoms with Crippen LogP contribution < -0.4 is 5.32 Å². The van der Waals surface area contributed by atoms with E-state index >= 15 is 0 Å². The number of carbonyl (C=O) groups excluding carboxylic acids is 1. The molecule has 4 aromatic heterocycles. The largest absolute Gasteiger partial charge is 0.378 e. The van der Waals surface area contributed by atoms with Gasteiger partial charge in [-0.15, -0.1) is 0 Å². The maximum atomic E-state index is 12.8. The molecule has 6 rings (SSSR count). The van der Waals surface area contributed by atoms with E-state index in [0.717, 1.165) is 22.5 Å². The van der Waals surface area contributed by atoms with E-state index < -0.39 is 0 Å². The first kappa shape index (κ1) is 23.3. The fraction of sp³-hybridized carbons (Fsp3) is 0.138. The van der Waals surface area contributed by atoms with Gasteiger partial charge in [0.2, 0.25) is 0 Å². The number of nitrogens with one attached hydrogen (secondary N) is 1. The molecule has 1 N–H and O–H groups in total. The van der Waals surface area contributed by atoms with Crippen LogP contribution in [0.15, 0.2) is 85.5 Å². The SMILES string of the molecule is O=C(c1ccc(-c2ccc3ncc(C#Cc4ccnc(Nc5cccnc5)c4)n3n2)cc1)N1CCOCC1. The highest BCUT2D eigenvalue weighted by Crippen LogP contribution is 2.20. The third-order valence-corrected chi connectivity index (χ3v) is 6.12. The number of amides is 1. The number of pyridine rings is 2. The van der Waals surface area contributed by atoms with Crippen LogP contribution in [-0.4, -0.2) is 61.7 Å². The second-order valence-electron chi connectivity index (χ2n) is 8.66. The minimum Gasteiger partial charge on any atom is -0.378 e. The summed E-state index contributed by atoms with van der Waals surface area (Å²) < 4.78 is 7.07. The smallest absolute Gasteiger partial charge is 0.254 e. The lowest BCUT2D eigenvalue weighted by Crippen LogP contribution is -2.40. The molecular weight excluding hydrogens is 478 g/mol. The van der Waals surface area contributed by atoms with E-state index in [4.69, 9.17) is 9.84 Å². The summed E-state index contributed by atoms with van der Waals surface area (Å²) in [6.45, 7) is 2.39. The molecule has 0 atom stereocenters. The van der Waals surface area contributed by atoms with Crippen molar-refractivity contribution in [3.8, 4) is 23.1 Å². The van der Waals surface area contributed by atoms with Crippen molar-refractivity contribution in [3.63, 3.8) is 0 Å². The second kappa shape index (κ2) is 10.5. The van der Waals surface area contributed by atoms with E-state index in [1.165, 1.54) is 0 Å². The van der Waals surface area contributed by atoms with Gasteiger partial charge in [0.05, 0.1) is 37.0 Å². The van der Waals surface area contributed by atoms with Crippen molar-refractivity contribution in [3.05, 3.63) is 102 Å². The van der Waals surface area contributed by atoms with Crippen molar-refractivity contribution in [2.75, 3.05) is 31.6 Å². The van der Waals surface area contributed by atoms with Gasteiger partial charge in [0.1, 0.15) is 11.5 Å². The molecular formula is C29H23N7O2. The van der Waals surface area contributed by atoms with Crippen molar-refractivity contribution in [2.24, 2.45) is 0 Å². The minimum absolute atomic E-state index is 0.0188. The van der Waals surface area contributed by atoms with E-state index in [1.807, 2.05) is 65.6 Å². The number of anilines is 2. The first-order chi connectivity index (χ1) is 18.7. The fourth-order valence-corrected chi connectivity index (χ4v) is 4.14. The molecule has 1 aromatic carbocycles. The van der Waals surface area contributed by atoms with Crippen molar-refractivity contribution >= 4 is 23.1 Å². The molecule has 186 valence electrons. The molecule has 1 aliphatic rings. The Morgan fingerprint density at radius 1 is 0.921 bits per heavy atom. The average molecular weight is 502 g/mol. The third kappa shape index (κ3) is 5.07. The molecule has 0 aliphatic carbocycles. The Morgan fingerprint density at radius 2 is 1.79 bits per heavy atom. The zero-order valence-corrected chi connectivity index (χ0v) is 20.4. The quantitative estimate of drug-likeness (QED) is 0.374. The molecule has 9 heteroatoms. The number of nitrogens with zero attached hydrogens (tertiary/aromatic N) is 6. The summed E-state index contributed by atoms with van der Waals surface area (Å²) in [5.74, 6) is 7.05. The molecule has 0 radical (unpaired) electrons. The van der Waals surface area contributed by atoms with E-state index in [0.29, 0.717) is 49.0 Å². The highest BCUT2D eigenvalue weighted by Gasteiger charge is 2.18. The lowest BCUT2D eigenvalue weighted by atomic mass is 10.1. The van der Waals surface area contributed by atoms with Crippen LogP contribution in [0.4, 0.5) is 11.5 Å². The van der Waals surface area contributed by atoms with Gasteiger partial charge in [-0.05, 0) is 54.5 Å². The van der Waals surface area contributed by atoms with Gasteiger partial charge in [-0.25, -0.2) is 14.5 Å². The number of hydrogen-bond acceptors (Lipinski definition) is 7. The van der Waals surface area contributed by atoms with Gasteiger partial charge in [0.15, 0.2) is 5.65 Å². The number of aromatic nitrogens is 5. The van der Waals surface area contributed by atoms with Gasteiger partial charge in [-0.2, -0.15) is 5.10 Å². The van der Waals surface area contributed by atoms with Gasteiger partial charge in [-0.3, -0.25) is 9.78 Å². The number of carbonyl (C=O) groups is 1. The molecule has 0 spiro atoms. The maximum Gasteiger partial charge on any atom is 0.254 e. The average Bonchev–Trinajstić information content (AvgIpc) is 3.39. The standard InChI is InChI=1S/C29H23N7O2/c37-29(35-14-16-38-17-15-35)23-6-4-22(5-7-23)26-9-10-28-32-20-25(36(28)34-26)8-3-21-11-13-31-27(18-21)33-24-2-1-12-30-19-24/h1-2,4-7,9-13,18-20H,14-17H2,(H,31,33). The third-order valence-electron chi connectivity index (χ3n) is 6.12. The Bertz CT molecular complexity index is 1650. The predicted molar refractivity (Wildman–Crippen MR) is 143 cm³/mol. The molecule has 38 heavy (non-hydrogen) atoms. The summed E-state index contributed by atoms with van der Waals surface area (Å²) in [7, 11) is 0. The summed E-state index contributed by atoms with van der Waals surface area (Å²) in [5, 5.41) is 7.99. The zero-order chi connectivity index (χ0) is 25.7. The van der Waals surface area contributed by atoms with Crippen LogP contribution in [0.3, 0.4) is 0 Å². The first-order valence-corrected chi connectivity index (χ1v) is 12.2. The minimum atomic E-state index is 0.0188. The van der Waals surface area contributed by atoms with Crippen LogP contribution in [-0.2, 0) is 4.74 Å².